The Morgan fingerprint density at radius 3 is 2.29 bits per heavy atom. The molecule has 1 saturated heterocycles. The van der Waals surface area contributed by atoms with Crippen LogP contribution in [0.1, 0.15) is 33.6 Å². The molecule has 0 aromatic carbocycles. The number of ether oxygens (including phenoxy) is 2. The van der Waals surface area contributed by atoms with Crippen LogP contribution in [0.4, 0.5) is 0 Å². The third kappa shape index (κ3) is 2.21. The molecule has 0 aromatic rings. The highest BCUT2D eigenvalue weighted by molar-refractivity contribution is 5.87. The maximum Gasteiger partial charge on any atom is 0.224 e. The van der Waals surface area contributed by atoms with Crippen LogP contribution in [-0.2, 0) is 14.3 Å². The molecule has 3 rings (SSSR count). The zero-order valence-corrected chi connectivity index (χ0v) is 14.0. The van der Waals surface area contributed by atoms with E-state index in [4.69, 9.17) is 9.47 Å². The minimum absolute atomic E-state index is 0.152. The average molecular weight is 346 g/mol. The largest absolute Gasteiger partial charge is 0.394 e. The molecule has 0 spiro atoms. The van der Waals surface area contributed by atoms with Crippen molar-refractivity contribution in [2.45, 2.75) is 70.1 Å². The van der Waals surface area contributed by atoms with E-state index in [1.54, 1.807) is 0 Å². The van der Waals surface area contributed by atoms with Gasteiger partial charge in [-0.3, -0.25) is 4.79 Å². The van der Waals surface area contributed by atoms with Gasteiger partial charge in [0.15, 0.2) is 12.4 Å². The first-order valence-electron chi connectivity index (χ1n) is 8.22. The molecule has 0 unspecified atom stereocenters. The monoisotopic (exact) mass is 346 g/mol. The number of ketones is 1. The fourth-order valence-corrected chi connectivity index (χ4v) is 4.53. The molecular weight excluding hydrogens is 320 g/mol. The van der Waals surface area contributed by atoms with E-state index in [9.17, 15) is 30.3 Å². The van der Waals surface area contributed by atoms with E-state index in [-0.39, 0.29) is 17.1 Å². The Bertz CT molecular complexity index is 532. The zero-order chi connectivity index (χ0) is 18.1. The Balaban J connectivity index is 1.81. The quantitative estimate of drug-likeness (QED) is 0.390. The van der Waals surface area contributed by atoms with E-state index in [0.717, 1.165) is 0 Å². The number of rotatable bonds is 3. The van der Waals surface area contributed by atoms with Crippen LogP contribution in [0.2, 0.25) is 0 Å². The summed E-state index contributed by atoms with van der Waals surface area (Å²) in [5, 5.41) is 49.0. The van der Waals surface area contributed by atoms with Gasteiger partial charge in [-0.15, -0.1) is 0 Å². The highest BCUT2D eigenvalue weighted by atomic mass is 16.7. The number of carbonyl (C=O) groups is 1. The number of carbonyl (C=O) groups excluding carboxylic acids is 1. The van der Waals surface area contributed by atoms with Crippen LogP contribution in [0.3, 0.4) is 0 Å². The molecule has 8 nitrogen and oxygen atoms in total. The maximum absolute atomic E-state index is 12.1. The van der Waals surface area contributed by atoms with Gasteiger partial charge in [0.05, 0.1) is 12.7 Å². The molecule has 3 fully saturated rings. The first-order valence-corrected chi connectivity index (χ1v) is 8.22. The number of aliphatic hydroxyl groups excluding tert-OH is 3. The average Bonchev–Trinajstić information content (AvgIpc) is 2.78. The molecule has 7 atom stereocenters. The zero-order valence-electron chi connectivity index (χ0n) is 14.0. The second-order valence-corrected chi connectivity index (χ2v) is 8.09. The van der Waals surface area contributed by atoms with Gasteiger partial charge in [0.1, 0.15) is 18.0 Å². The van der Waals surface area contributed by atoms with Crippen molar-refractivity contribution in [1.82, 2.24) is 0 Å². The highest BCUT2D eigenvalue weighted by Gasteiger charge is 2.67. The summed E-state index contributed by atoms with van der Waals surface area (Å²) in [5.74, 6) is -2.82. The summed E-state index contributed by atoms with van der Waals surface area (Å²) in [5.41, 5.74) is -0.740. The van der Waals surface area contributed by atoms with Crippen molar-refractivity contribution in [3.8, 4) is 0 Å². The molecule has 24 heavy (non-hydrogen) atoms. The Labute approximate surface area is 140 Å². The molecule has 5 N–H and O–H groups in total. The molecule has 2 bridgehead atoms. The first kappa shape index (κ1) is 18.2. The van der Waals surface area contributed by atoms with Gasteiger partial charge < -0.3 is 35.0 Å². The summed E-state index contributed by atoms with van der Waals surface area (Å²) in [6, 6.07) is 0. The highest BCUT2D eigenvalue weighted by Crippen LogP contribution is 2.65. The molecule has 2 saturated carbocycles. The lowest BCUT2D eigenvalue weighted by Crippen LogP contribution is -2.68. The Morgan fingerprint density at radius 1 is 1.21 bits per heavy atom. The van der Waals surface area contributed by atoms with Crippen LogP contribution < -0.4 is 0 Å². The number of fused-ring (bicyclic) bond motifs is 2. The first-order chi connectivity index (χ1) is 11.0. The van der Waals surface area contributed by atoms with Crippen molar-refractivity contribution in [3.05, 3.63) is 0 Å². The van der Waals surface area contributed by atoms with Crippen LogP contribution in [-0.4, -0.2) is 74.4 Å². The van der Waals surface area contributed by atoms with E-state index < -0.39 is 48.5 Å². The van der Waals surface area contributed by atoms with Crippen molar-refractivity contribution in [2.75, 3.05) is 6.61 Å². The standard InChI is InChI=1S/C16H26O8/c1-14(2)7-4-10(15(14,3)5-8(7)18)24-13-12(20)16(21,22)11(19)9(6-17)23-13/h7,9-13,17,19-22H,4-6H2,1-3H3/t7-,9+,10-,11+,12-,13-,15-/m0/s1. The van der Waals surface area contributed by atoms with Gasteiger partial charge in [0.2, 0.25) is 5.79 Å². The second kappa shape index (κ2) is 5.44. The van der Waals surface area contributed by atoms with Gasteiger partial charge in [-0.05, 0) is 11.8 Å². The molecule has 2 aliphatic carbocycles. The molecule has 138 valence electrons. The van der Waals surface area contributed by atoms with E-state index in [1.165, 1.54) is 0 Å². The summed E-state index contributed by atoms with van der Waals surface area (Å²) in [7, 11) is 0. The molecule has 1 aliphatic heterocycles. The van der Waals surface area contributed by atoms with Crippen LogP contribution in [0.25, 0.3) is 0 Å². The van der Waals surface area contributed by atoms with Crippen molar-refractivity contribution in [1.29, 1.82) is 0 Å². The lowest BCUT2D eigenvalue weighted by molar-refractivity contribution is -0.396. The molecule has 0 radical (unpaired) electrons. The topological polar surface area (TPSA) is 137 Å². The van der Waals surface area contributed by atoms with E-state index in [0.29, 0.717) is 12.8 Å². The fraction of sp³-hybridized carbons (Fsp3) is 0.938. The molecule has 8 heteroatoms. The predicted molar refractivity (Wildman–Crippen MR) is 79.4 cm³/mol. The SMILES string of the molecule is CC1(C)[C@H]2C[C@H](O[C@@H]3O[C@H](CO)[C@@H](O)C(O)(O)[C@H]3O)[C@]1(C)CC2=O. The fourth-order valence-electron chi connectivity index (χ4n) is 4.53. The van der Waals surface area contributed by atoms with Crippen molar-refractivity contribution in [3.63, 3.8) is 0 Å². The summed E-state index contributed by atoms with van der Waals surface area (Å²) < 4.78 is 11.2. The number of aliphatic hydroxyl groups is 5. The third-order valence-corrected chi connectivity index (χ3v) is 6.70. The van der Waals surface area contributed by atoms with Crippen LogP contribution in [0.5, 0.6) is 0 Å². The molecule has 0 aromatic heterocycles. The Kier molecular flexibility index (Phi) is 4.12. The Hall–Kier alpha value is -0.610. The van der Waals surface area contributed by atoms with Gasteiger partial charge in [0, 0.05) is 17.8 Å². The van der Waals surface area contributed by atoms with Crippen LogP contribution in [0.15, 0.2) is 0 Å². The summed E-state index contributed by atoms with van der Waals surface area (Å²) in [6.07, 6.45) is -6.09. The van der Waals surface area contributed by atoms with Crippen molar-refractivity contribution < 1.29 is 39.8 Å². The molecule has 0 amide bonds. The predicted octanol–water partition coefficient (Wildman–Crippen LogP) is -1.48. The lowest BCUT2D eigenvalue weighted by Gasteiger charge is -2.47. The van der Waals surface area contributed by atoms with Crippen molar-refractivity contribution >= 4 is 5.78 Å². The van der Waals surface area contributed by atoms with Gasteiger partial charge in [-0.25, -0.2) is 0 Å². The maximum atomic E-state index is 12.1. The second-order valence-electron chi connectivity index (χ2n) is 8.09. The van der Waals surface area contributed by atoms with Crippen molar-refractivity contribution in [2.24, 2.45) is 16.7 Å². The van der Waals surface area contributed by atoms with Gasteiger partial charge in [0.25, 0.3) is 0 Å². The normalized spacial score (nSPS) is 49.6. The summed E-state index contributed by atoms with van der Waals surface area (Å²) >= 11 is 0. The van der Waals surface area contributed by atoms with Crippen LogP contribution in [0, 0.1) is 16.7 Å². The summed E-state index contributed by atoms with van der Waals surface area (Å²) in [4.78, 5) is 12.1. The minimum Gasteiger partial charge on any atom is -0.394 e. The molecular formula is C16H26O8. The van der Waals surface area contributed by atoms with Gasteiger partial charge in [-0.2, -0.15) is 0 Å². The lowest BCUT2D eigenvalue weighted by atomic mass is 9.70. The van der Waals surface area contributed by atoms with E-state index in [1.807, 2.05) is 20.8 Å². The smallest absolute Gasteiger partial charge is 0.224 e. The van der Waals surface area contributed by atoms with Gasteiger partial charge >= 0.3 is 0 Å². The molecule has 3 aliphatic rings. The Morgan fingerprint density at radius 2 is 1.83 bits per heavy atom. The van der Waals surface area contributed by atoms with E-state index in [2.05, 4.69) is 0 Å². The summed E-state index contributed by atoms with van der Waals surface area (Å²) in [6.45, 7) is 5.30. The minimum atomic E-state index is -2.86. The van der Waals surface area contributed by atoms with Gasteiger partial charge in [-0.1, -0.05) is 20.8 Å². The van der Waals surface area contributed by atoms with Crippen LogP contribution >= 0.6 is 0 Å². The number of hydrogen-bond donors (Lipinski definition) is 5. The number of hydrogen-bond acceptors (Lipinski definition) is 8. The number of Topliss-reactive ketones (excluding diaryl/α,β-unsaturated/α-hetero) is 1. The molecule has 1 heterocycles. The van der Waals surface area contributed by atoms with E-state index >= 15 is 0 Å². The third-order valence-electron chi connectivity index (χ3n) is 6.70.